The molecule has 1 aromatic carbocycles. The van der Waals surface area contributed by atoms with Crippen LogP contribution in [0.4, 0.5) is 5.69 Å². The van der Waals surface area contributed by atoms with Crippen LogP contribution >= 0.6 is 0 Å². The van der Waals surface area contributed by atoms with E-state index in [1.807, 2.05) is 0 Å². The van der Waals surface area contributed by atoms with Gasteiger partial charge < -0.3 is 14.8 Å². The number of rotatable bonds is 5. The van der Waals surface area contributed by atoms with Gasteiger partial charge in [0.15, 0.2) is 0 Å². The van der Waals surface area contributed by atoms with Gasteiger partial charge in [-0.05, 0) is 30.7 Å². The van der Waals surface area contributed by atoms with Crippen molar-refractivity contribution in [1.29, 1.82) is 0 Å². The Hall–Kier alpha value is -2.67. The van der Waals surface area contributed by atoms with Crippen LogP contribution in [0.2, 0.25) is 0 Å². The number of carbonyl (C=O) groups excluding carboxylic acids is 1. The maximum Gasteiger partial charge on any atom is 0.269 e. The summed E-state index contributed by atoms with van der Waals surface area (Å²) < 4.78 is 5.14. The molecule has 0 saturated carbocycles. The number of amides is 1. The van der Waals surface area contributed by atoms with Crippen molar-refractivity contribution in [3.63, 3.8) is 0 Å². The van der Waals surface area contributed by atoms with E-state index < -0.39 is 16.9 Å². The number of aliphatic hydroxyl groups is 1. The second-order valence-electron chi connectivity index (χ2n) is 4.48. The molecule has 1 heterocycles. The summed E-state index contributed by atoms with van der Waals surface area (Å²) in [7, 11) is 0. The largest absolute Gasteiger partial charge is 0.467 e. The number of benzene rings is 1. The highest BCUT2D eigenvalue weighted by atomic mass is 16.6. The Morgan fingerprint density at radius 1 is 1.48 bits per heavy atom. The minimum absolute atomic E-state index is 0.0752. The van der Waals surface area contributed by atoms with E-state index in [1.54, 1.807) is 19.1 Å². The molecule has 0 spiro atoms. The molecule has 0 aliphatic rings. The summed E-state index contributed by atoms with van der Waals surface area (Å²) in [6.07, 6.45) is 1.45. The smallest absolute Gasteiger partial charge is 0.269 e. The van der Waals surface area contributed by atoms with Crippen LogP contribution in [0.15, 0.2) is 41.0 Å². The van der Waals surface area contributed by atoms with Crippen LogP contribution in [0.1, 0.15) is 27.7 Å². The maximum absolute atomic E-state index is 12.2. The van der Waals surface area contributed by atoms with Crippen LogP contribution in [-0.4, -0.2) is 22.5 Å². The Labute approximate surface area is 120 Å². The lowest BCUT2D eigenvalue weighted by Crippen LogP contribution is -2.31. The van der Waals surface area contributed by atoms with Gasteiger partial charge in [0.2, 0.25) is 0 Å². The molecule has 1 amide bonds. The fourth-order valence-electron chi connectivity index (χ4n) is 1.95. The summed E-state index contributed by atoms with van der Waals surface area (Å²) in [6.45, 7) is 1.30. The summed E-state index contributed by atoms with van der Waals surface area (Å²) >= 11 is 0. The van der Waals surface area contributed by atoms with Crippen molar-refractivity contribution in [1.82, 2.24) is 5.32 Å². The average Bonchev–Trinajstić information content (AvgIpc) is 2.98. The van der Waals surface area contributed by atoms with Gasteiger partial charge in [0.05, 0.1) is 17.8 Å². The zero-order valence-corrected chi connectivity index (χ0v) is 11.3. The molecular weight excluding hydrogens is 276 g/mol. The lowest BCUT2D eigenvalue weighted by molar-refractivity contribution is -0.384. The van der Waals surface area contributed by atoms with Crippen molar-refractivity contribution in [3.05, 3.63) is 63.6 Å². The third-order valence-corrected chi connectivity index (χ3v) is 3.04. The van der Waals surface area contributed by atoms with Gasteiger partial charge in [0.1, 0.15) is 11.8 Å². The predicted molar refractivity (Wildman–Crippen MR) is 73.8 cm³/mol. The van der Waals surface area contributed by atoms with Gasteiger partial charge in [-0.2, -0.15) is 0 Å². The summed E-state index contributed by atoms with van der Waals surface area (Å²) in [5, 5.41) is 22.6. The zero-order chi connectivity index (χ0) is 15.4. The zero-order valence-electron chi connectivity index (χ0n) is 11.3. The Balaban J connectivity index is 2.18. The molecule has 7 heteroatoms. The fraction of sp³-hybridized carbons (Fsp3) is 0.214. The highest BCUT2D eigenvalue weighted by Crippen LogP contribution is 2.19. The molecule has 1 atom stereocenters. The van der Waals surface area contributed by atoms with E-state index >= 15 is 0 Å². The lowest BCUT2D eigenvalue weighted by Gasteiger charge is -2.14. The number of nitrogens with one attached hydrogen (secondary N) is 1. The van der Waals surface area contributed by atoms with E-state index in [4.69, 9.17) is 4.42 Å². The van der Waals surface area contributed by atoms with E-state index in [0.717, 1.165) is 0 Å². The Morgan fingerprint density at radius 2 is 2.24 bits per heavy atom. The predicted octanol–water partition coefficient (Wildman–Crippen LogP) is 1.96. The van der Waals surface area contributed by atoms with Crippen LogP contribution < -0.4 is 5.32 Å². The van der Waals surface area contributed by atoms with Crippen molar-refractivity contribution in [2.75, 3.05) is 6.61 Å². The molecule has 21 heavy (non-hydrogen) atoms. The first-order valence-corrected chi connectivity index (χ1v) is 6.23. The van der Waals surface area contributed by atoms with Gasteiger partial charge >= 0.3 is 0 Å². The highest BCUT2D eigenvalue weighted by Gasteiger charge is 2.19. The molecule has 0 aliphatic heterocycles. The minimum atomic E-state index is -0.665. The number of nitrogens with zero attached hydrogens (tertiary/aromatic N) is 1. The normalized spacial score (nSPS) is 11.9. The molecule has 7 nitrogen and oxygen atoms in total. The van der Waals surface area contributed by atoms with Gasteiger partial charge in [-0.3, -0.25) is 14.9 Å². The van der Waals surface area contributed by atoms with Gasteiger partial charge in [-0.15, -0.1) is 0 Å². The molecule has 1 aromatic heterocycles. The topological polar surface area (TPSA) is 106 Å². The average molecular weight is 290 g/mol. The number of aliphatic hydroxyl groups excluding tert-OH is 1. The molecule has 0 fully saturated rings. The minimum Gasteiger partial charge on any atom is -0.467 e. The van der Waals surface area contributed by atoms with E-state index in [0.29, 0.717) is 16.9 Å². The standard InChI is InChI=1S/C14H14N2O5/c1-9-7-10(16(19)20)4-5-11(9)14(18)15-12(8-17)13-3-2-6-21-13/h2-7,12,17H,8H2,1H3,(H,15,18). The quantitative estimate of drug-likeness (QED) is 0.646. The number of hydrogen-bond acceptors (Lipinski definition) is 5. The number of carbonyl (C=O) groups is 1. The third-order valence-electron chi connectivity index (χ3n) is 3.04. The van der Waals surface area contributed by atoms with E-state index in [2.05, 4.69) is 5.32 Å². The molecule has 0 aliphatic carbocycles. The molecule has 1 unspecified atom stereocenters. The van der Waals surface area contributed by atoms with E-state index in [1.165, 1.54) is 24.5 Å². The molecule has 0 bridgehead atoms. The van der Waals surface area contributed by atoms with Crippen molar-refractivity contribution < 1.29 is 19.2 Å². The van der Waals surface area contributed by atoms with Crippen molar-refractivity contribution in [3.8, 4) is 0 Å². The fourth-order valence-corrected chi connectivity index (χ4v) is 1.95. The van der Waals surface area contributed by atoms with Crippen LogP contribution in [0.3, 0.4) is 0 Å². The monoisotopic (exact) mass is 290 g/mol. The van der Waals surface area contributed by atoms with Crippen LogP contribution in [-0.2, 0) is 0 Å². The summed E-state index contributed by atoms with van der Waals surface area (Å²) in [5.41, 5.74) is 0.720. The molecule has 110 valence electrons. The lowest BCUT2D eigenvalue weighted by atomic mass is 10.1. The van der Waals surface area contributed by atoms with Gasteiger partial charge in [0.25, 0.3) is 11.6 Å². The van der Waals surface area contributed by atoms with Gasteiger partial charge in [0, 0.05) is 17.7 Å². The molecule has 0 saturated heterocycles. The van der Waals surface area contributed by atoms with Crippen LogP contribution in [0.25, 0.3) is 0 Å². The van der Waals surface area contributed by atoms with Gasteiger partial charge in [-0.1, -0.05) is 0 Å². The van der Waals surface area contributed by atoms with Crippen molar-refractivity contribution in [2.45, 2.75) is 13.0 Å². The first kappa shape index (κ1) is 14.7. The van der Waals surface area contributed by atoms with Crippen LogP contribution in [0.5, 0.6) is 0 Å². The number of nitro benzene ring substituents is 1. The van der Waals surface area contributed by atoms with Crippen molar-refractivity contribution in [2.24, 2.45) is 0 Å². The molecule has 2 aromatic rings. The molecule has 2 rings (SSSR count). The second kappa shape index (κ2) is 6.19. The van der Waals surface area contributed by atoms with Crippen molar-refractivity contribution >= 4 is 11.6 Å². The summed E-state index contributed by atoms with van der Waals surface area (Å²) in [4.78, 5) is 22.3. The third kappa shape index (κ3) is 3.26. The molecule has 0 radical (unpaired) electrons. The number of non-ortho nitro benzene ring substituents is 1. The number of furan rings is 1. The van der Waals surface area contributed by atoms with Gasteiger partial charge in [-0.25, -0.2) is 0 Å². The first-order chi connectivity index (χ1) is 10.0. The number of aryl methyl sites for hydroxylation is 1. The maximum atomic E-state index is 12.2. The van der Waals surface area contributed by atoms with E-state index in [9.17, 15) is 20.0 Å². The van der Waals surface area contributed by atoms with Crippen LogP contribution in [0, 0.1) is 17.0 Å². The number of hydrogen-bond donors (Lipinski definition) is 2. The Kier molecular flexibility index (Phi) is 4.34. The molecular formula is C14H14N2O5. The van der Waals surface area contributed by atoms with E-state index in [-0.39, 0.29) is 12.3 Å². The number of nitro groups is 1. The SMILES string of the molecule is Cc1cc([N+](=O)[O-])ccc1C(=O)NC(CO)c1ccco1. The Morgan fingerprint density at radius 3 is 2.76 bits per heavy atom. The molecule has 2 N–H and O–H groups in total. The first-order valence-electron chi connectivity index (χ1n) is 6.23. The summed E-state index contributed by atoms with van der Waals surface area (Å²) in [5.74, 6) is 0.00302. The summed E-state index contributed by atoms with van der Waals surface area (Å²) in [6, 6.07) is 6.62. The Bertz CT molecular complexity index is 651. The second-order valence-corrected chi connectivity index (χ2v) is 4.48. The highest BCUT2D eigenvalue weighted by molar-refractivity contribution is 5.96.